The van der Waals surface area contributed by atoms with Crippen LogP contribution in [0.25, 0.3) is 33.4 Å². The van der Waals surface area contributed by atoms with Crippen molar-refractivity contribution in [2.24, 2.45) is 0 Å². The molecule has 0 bridgehead atoms. The molecule has 5 rings (SSSR count). The van der Waals surface area contributed by atoms with E-state index in [1.165, 1.54) is 0 Å². The Morgan fingerprint density at radius 1 is 1.08 bits per heavy atom. The van der Waals surface area contributed by atoms with Gasteiger partial charge in [0.1, 0.15) is 5.82 Å². The van der Waals surface area contributed by atoms with Crippen molar-refractivity contribution in [2.45, 2.75) is 40.8 Å². The molecule has 0 unspecified atom stereocenters. The maximum Gasteiger partial charge on any atom is 0.413 e. The number of ether oxygens (including phenoxy) is 1. The SMILES string of the molecule is C.CCOC(=O)Nc1nc2c(-c3ccccn3)cc(-c3cnc(CN4CCN(C(C)C)CC4)nc3)cc2[nH]1. The van der Waals surface area contributed by atoms with Crippen molar-refractivity contribution >= 4 is 23.1 Å². The first kappa shape index (κ1) is 27.2. The Hall–Kier alpha value is -3.89. The zero-order chi connectivity index (χ0) is 25.8. The van der Waals surface area contributed by atoms with Gasteiger partial charge >= 0.3 is 6.09 Å². The number of H-pyrrole nitrogens is 1. The lowest BCUT2D eigenvalue weighted by atomic mass is 10.0. The molecule has 0 saturated carbocycles. The van der Waals surface area contributed by atoms with Gasteiger partial charge in [-0.2, -0.15) is 0 Å². The number of hydrogen-bond donors (Lipinski definition) is 2. The Bertz CT molecular complexity index is 1350. The lowest BCUT2D eigenvalue weighted by Gasteiger charge is -2.36. The Kier molecular flexibility index (Phi) is 8.65. The molecular formula is C28H36N8O2. The van der Waals surface area contributed by atoms with Crippen molar-refractivity contribution in [1.29, 1.82) is 0 Å². The first-order valence-electron chi connectivity index (χ1n) is 12.7. The number of benzene rings is 1. The van der Waals surface area contributed by atoms with Gasteiger partial charge in [0.2, 0.25) is 5.95 Å². The van der Waals surface area contributed by atoms with Crippen molar-refractivity contribution in [2.75, 3.05) is 38.1 Å². The highest BCUT2D eigenvalue weighted by Gasteiger charge is 2.20. The maximum atomic E-state index is 11.9. The van der Waals surface area contributed by atoms with Crippen molar-refractivity contribution in [3.05, 3.63) is 54.7 Å². The number of nitrogens with one attached hydrogen (secondary N) is 2. The molecule has 1 saturated heterocycles. The number of imidazole rings is 1. The Morgan fingerprint density at radius 2 is 1.84 bits per heavy atom. The third kappa shape index (κ3) is 6.15. The van der Waals surface area contributed by atoms with Gasteiger partial charge in [-0.25, -0.2) is 19.7 Å². The molecule has 10 heteroatoms. The molecule has 10 nitrogen and oxygen atoms in total. The second-order valence-corrected chi connectivity index (χ2v) is 9.36. The fourth-order valence-electron chi connectivity index (χ4n) is 4.55. The van der Waals surface area contributed by atoms with E-state index in [-0.39, 0.29) is 14.0 Å². The van der Waals surface area contributed by atoms with Crippen LogP contribution in [0.3, 0.4) is 0 Å². The molecule has 0 radical (unpaired) electrons. The number of nitrogens with zero attached hydrogens (tertiary/aromatic N) is 6. The van der Waals surface area contributed by atoms with Crippen LogP contribution in [-0.2, 0) is 11.3 Å². The third-order valence-corrected chi connectivity index (χ3v) is 6.56. The lowest BCUT2D eigenvalue weighted by Crippen LogP contribution is -2.48. The molecule has 0 atom stereocenters. The largest absolute Gasteiger partial charge is 0.450 e. The van der Waals surface area contributed by atoms with Crippen LogP contribution in [-0.4, -0.2) is 79.6 Å². The van der Waals surface area contributed by atoms with Crippen molar-refractivity contribution < 1.29 is 9.53 Å². The second kappa shape index (κ2) is 12.1. The van der Waals surface area contributed by atoms with E-state index < -0.39 is 6.09 Å². The highest BCUT2D eigenvalue weighted by Crippen LogP contribution is 2.32. The molecule has 0 aliphatic carbocycles. The van der Waals surface area contributed by atoms with Gasteiger partial charge in [0.05, 0.1) is 29.9 Å². The van der Waals surface area contributed by atoms with Gasteiger partial charge < -0.3 is 9.72 Å². The van der Waals surface area contributed by atoms with Crippen LogP contribution in [0, 0.1) is 0 Å². The molecule has 38 heavy (non-hydrogen) atoms. The summed E-state index contributed by atoms with van der Waals surface area (Å²) >= 11 is 0. The number of aromatic amines is 1. The second-order valence-electron chi connectivity index (χ2n) is 9.36. The summed E-state index contributed by atoms with van der Waals surface area (Å²) in [5.41, 5.74) is 4.90. The van der Waals surface area contributed by atoms with Crippen LogP contribution >= 0.6 is 0 Å². The van der Waals surface area contributed by atoms with Crippen LogP contribution in [0.2, 0.25) is 0 Å². The van der Waals surface area contributed by atoms with Crippen LogP contribution in [0.15, 0.2) is 48.9 Å². The number of aromatic nitrogens is 5. The Labute approximate surface area is 223 Å². The molecule has 0 spiro atoms. The average molecular weight is 517 g/mol. The fourth-order valence-corrected chi connectivity index (χ4v) is 4.55. The standard InChI is InChI=1S/C27H32N8O2.CH4/c1-4-37-27(36)33-26-31-23-14-19(13-21(25(23)32-26)22-7-5-6-8-28-22)20-15-29-24(30-16-20)17-34-9-11-35(12-10-34)18(2)3;/h5-8,13-16,18H,4,9-12,17H2,1-3H3,(H2,31,32,33,36);1H4. The van der Waals surface area contributed by atoms with Crippen molar-refractivity contribution in [1.82, 2.24) is 34.7 Å². The van der Waals surface area contributed by atoms with Crippen LogP contribution < -0.4 is 5.32 Å². The van der Waals surface area contributed by atoms with Crippen LogP contribution in [0.4, 0.5) is 10.7 Å². The molecule has 1 aliphatic heterocycles. The molecule has 1 amide bonds. The van der Waals surface area contributed by atoms with E-state index in [0.717, 1.165) is 66.4 Å². The number of amides is 1. The summed E-state index contributed by atoms with van der Waals surface area (Å²) in [7, 11) is 0. The fraction of sp³-hybridized carbons (Fsp3) is 0.393. The van der Waals surface area contributed by atoms with Gasteiger partial charge in [-0.05, 0) is 50.6 Å². The maximum absolute atomic E-state index is 11.9. The minimum absolute atomic E-state index is 0. The number of carbonyl (C=O) groups is 1. The number of pyridine rings is 1. The summed E-state index contributed by atoms with van der Waals surface area (Å²) in [5.74, 6) is 1.13. The van der Waals surface area contributed by atoms with E-state index in [9.17, 15) is 4.79 Å². The number of fused-ring (bicyclic) bond motifs is 1. The van der Waals surface area contributed by atoms with Crippen molar-refractivity contribution in [3.8, 4) is 22.4 Å². The van der Waals surface area contributed by atoms with E-state index in [1.807, 2.05) is 42.7 Å². The molecule has 1 aromatic carbocycles. The molecule has 4 heterocycles. The number of carbonyl (C=O) groups excluding carboxylic acids is 1. The van der Waals surface area contributed by atoms with E-state index in [1.54, 1.807) is 13.1 Å². The number of hydrogen-bond acceptors (Lipinski definition) is 8. The predicted octanol–water partition coefficient (Wildman–Crippen LogP) is 4.81. The summed E-state index contributed by atoms with van der Waals surface area (Å²) < 4.78 is 4.99. The molecule has 4 aromatic rings. The van der Waals surface area contributed by atoms with Gasteiger partial charge in [-0.1, -0.05) is 13.5 Å². The number of anilines is 1. The van der Waals surface area contributed by atoms with Gasteiger partial charge in [0, 0.05) is 61.9 Å². The first-order valence-corrected chi connectivity index (χ1v) is 12.7. The highest BCUT2D eigenvalue weighted by molar-refractivity contribution is 5.97. The molecular weight excluding hydrogens is 480 g/mol. The topological polar surface area (TPSA) is 112 Å². The zero-order valence-corrected chi connectivity index (χ0v) is 21.4. The minimum atomic E-state index is -0.559. The van der Waals surface area contributed by atoms with Crippen LogP contribution in [0.1, 0.15) is 34.0 Å². The van der Waals surface area contributed by atoms with E-state index >= 15 is 0 Å². The molecule has 2 N–H and O–H groups in total. The van der Waals surface area contributed by atoms with Gasteiger partial charge in [0.25, 0.3) is 0 Å². The molecule has 200 valence electrons. The summed E-state index contributed by atoms with van der Waals surface area (Å²) in [4.78, 5) is 38.5. The molecule has 1 fully saturated rings. The molecule has 1 aliphatic rings. The number of rotatable bonds is 7. The normalized spacial score (nSPS) is 14.4. The average Bonchev–Trinajstić information content (AvgIpc) is 3.31. The van der Waals surface area contributed by atoms with E-state index in [0.29, 0.717) is 17.5 Å². The van der Waals surface area contributed by atoms with Gasteiger partial charge in [0.15, 0.2) is 0 Å². The summed E-state index contributed by atoms with van der Waals surface area (Å²) in [5, 5.41) is 2.64. The quantitative estimate of drug-likeness (QED) is 0.360. The minimum Gasteiger partial charge on any atom is -0.450 e. The van der Waals surface area contributed by atoms with E-state index in [2.05, 4.69) is 53.9 Å². The first-order chi connectivity index (χ1) is 18.0. The van der Waals surface area contributed by atoms with Crippen molar-refractivity contribution in [3.63, 3.8) is 0 Å². The summed E-state index contributed by atoms with van der Waals surface area (Å²) in [6.45, 7) is 11.5. The van der Waals surface area contributed by atoms with Crippen LogP contribution in [0.5, 0.6) is 0 Å². The number of piperazine rings is 1. The van der Waals surface area contributed by atoms with E-state index in [4.69, 9.17) is 4.74 Å². The third-order valence-electron chi connectivity index (χ3n) is 6.56. The van der Waals surface area contributed by atoms with Gasteiger partial charge in [-0.3, -0.25) is 20.1 Å². The summed E-state index contributed by atoms with van der Waals surface area (Å²) in [6.07, 6.45) is 4.92. The monoisotopic (exact) mass is 516 g/mol. The predicted molar refractivity (Wildman–Crippen MR) is 150 cm³/mol. The Balaban J connectivity index is 0.00000336. The summed E-state index contributed by atoms with van der Waals surface area (Å²) in [6, 6.07) is 10.3. The Morgan fingerprint density at radius 3 is 2.50 bits per heavy atom. The smallest absolute Gasteiger partial charge is 0.413 e. The zero-order valence-electron chi connectivity index (χ0n) is 21.4. The van der Waals surface area contributed by atoms with Gasteiger partial charge in [-0.15, -0.1) is 0 Å². The highest BCUT2D eigenvalue weighted by atomic mass is 16.5. The molecule has 3 aromatic heterocycles. The lowest BCUT2D eigenvalue weighted by molar-refractivity contribution is 0.102.